The van der Waals surface area contributed by atoms with Gasteiger partial charge in [-0.25, -0.2) is 0 Å². The van der Waals surface area contributed by atoms with E-state index in [0.717, 1.165) is 122 Å². The number of allylic oxidation sites excluding steroid dienone is 18. The third-order valence-corrected chi connectivity index (χ3v) is 15.0. The zero-order chi connectivity index (χ0) is 59.2. The van der Waals surface area contributed by atoms with E-state index in [0.29, 0.717) is 19.3 Å². The fraction of sp³-hybridized carbons (Fsp3) is 0.724. The number of hydrogen-bond acceptors (Lipinski definition) is 6. The SMILES string of the molecule is CC/C=C\C/C=C\C/C=C\C/C=C\C/C=C\C/C=C\CCCCCCCCCCCCC(=O)OCC(COC(=O)CCCCCCCCC/C=C\C/C=C\C/C=C\CC)OC(=O)CCCCCCCCCCCCCCCCCCCC. The van der Waals surface area contributed by atoms with Crippen LogP contribution in [0.4, 0.5) is 0 Å². The van der Waals surface area contributed by atoms with Crippen LogP contribution >= 0.6 is 0 Å². The molecule has 0 bridgehead atoms. The molecule has 1 atom stereocenters. The second kappa shape index (κ2) is 69.6. The number of unbranched alkanes of at least 4 members (excludes halogenated alkanes) is 34. The van der Waals surface area contributed by atoms with Crippen LogP contribution in [-0.4, -0.2) is 37.2 Å². The molecule has 0 radical (unpaired) electrons. The fourth-order valence-corrected chi connectivity index (χ4v) is 9.88. The molecule has 0 aliphatic carbocycles. The lowest BCUT2D eigenvalue weighted by Gasteiger charge is -2.18. The van der Waals surface area contributed by atoms with E-state index < -0.39 is 6.10 Å². The monoisotopic (exact) mass is 1140 g/mol. The van der Waals surface area contributed by atoms with Crippen LogP contribution < -0.4 is 0 Å². The second-order valence-corrected chi connectivity index (χ2v) is 23.0. The molecule has 0 saturated heterocycles. The summed E-state index contributed by atoms with van der Waals surface area (Å²) in [6, 6.07) is 0. The smallest absolute Gasteiger partial charge is 0.306 e. The molecule has 0 aromatic carbocycles. The summed E-state index contributed by atoms with van der Waals surface area (Å²) in [5.74, 6) is -0.879. The van der Waals surface area contributed by atoms with E-state index in [4.69, 9.17) is 14.2 Å². The third-order valence-electron chi connectivity index (χ3n) is 15.0. The summed E-state index contributed by atoms with van der Waals surface area (Å²) in [4.78, 5) is 38.5. The molecule has 470 valence electrons. The van der Waals surface area contributed by atoms with E-state index in [-0.39, 0.29) is 31.1 Å². The van der Waals surface area contributed by atoms with Crippen LogP contribution in [0.25, 0.3) is 0 Å². The van der Waals surface area contributed by atoms with Gasteiger partial charge in [0, 0.05) is 19.3 Å². The van der Waals surface area contributed by atoms with Crippen molar-refractivity contribution in [3.05, 3.63) is 109 Å². The summed E-state index contributed by atoms with van der Waals surface area (Å²) in [5, 5.41) is 0. The minimum absolute atomic E-state index is 0.0812. The van der Waals surface area contributed by atoms with Gasteiger partial charge in [0.2, 0.25) is 0 Å². The Balaban J connectivity index is 4.33. The summed E-state index contributed by atoms with van der Waals surface area (Å²) in [5.41, 5.74) is 0. The highest BCUT2D eigenvalue weighted by atomic mass is 16.6. The fourth-order valence-electron chi connectivity index (χ4n) is 9.88. The molecule has 0 rings (SSSR count). The predicted octanol–water partition coefficient (Wildman–Crippen LogP) is 24.2. The van der Waals surface area contributed by atoms with Crippen molar-refractivity contribution in [1.29, 1.82) is 0 Å². The molecule has 6 heteroatoms. The van der Waals surface area contributed by atoms with E-state index in [1.54, 1.807) is 0 Å². The molecule has 0 aromatic rings. The van der Waals surface area contributed by atoms with Gasteiger partial charge in [0.25, 0.3) is 0 Å². The predicted molar refractivity (Wildman–Crippen MR) is 357 cm³/mol. The Bertz CT molecular complexity index is 1640. The maximum absolute atomic E-state index is 13.0. The number of ether oxygens (including phenoxy) is 3. The number of carbonyl (C=O) groups excluding carboxylic acids is 3. The van der Waals surface area contributed by atoms with E-state index in [2.05, 4.69) is 130 Å². The van der Waals surface area contributed by atoms with E-state index >= 15 is 0 Å². The van der Waals surface area contributed by atoms with Crippen LogP contribution in [-0.2, 0) is 28.6 Å². The largest absolute Gasteiger partial charge is 0.462 e. The number of carbonyl (C=O) groups is 3. The molecule has 0 aliphatic heterocycles. The van der Waals surface area contributed by atoms with Crippen molar-refractivity contribution >= 4 is 17.9 Å². The summed E-state index contributed by atoms with van der Waals surface area (Å²) in [6.45, 7) is 6.45. The summed E-state index contributed by atoms with van der Waals surface area (Å²) in [6.07, 6.45) is 95.3. The summed E-state index contributed by atoms with van der Waals surface area (Å²) < 4.78 is 17.0. The number of hydrogen-bond donors (Lipinski definition) is 0. The molecule has 82 heavy (non-hydrogen) atoms. The van der Waals surface area contributed by atoms with Crippen molar-refractivity contribution in [1.82, 2.24) is 0 Å². The summed E-state index contributed by atoms with van der Waals surface area (Å²) in [7, 11) is 0. The second-order valence-electron chi connectivity index (χ2n) is 23.0. The number of esters is 3. The Morgan fingerprint density at radius 1 is 0.256 bits per heavy atom. The molecule has 1 unspecified atom stereocenters. The van der Waals surface area contributed by atoms with Gasteiger partial charge in [-0.05, 0) is 103 Å². The lowest BCUT2D eigenvalue weighted by molar-refractivity contribution is -0.167. The van der Waals surface area contributed by atoms with Crippen molar-refractivity contribution in [3.8, 4) is 0 Å². The first-order chi connectivity index (χ1) is 40.5. The van der Waals surface area contributed by atoms with Gasteiger partial charge in [-0.3, -0.25) is 14.4 Å². The molecule has 6 nitrogen and oxygen atoms in total. The topological polar surface area (TPSA) is 78.9 Å². The average Bonchev–Trinajstić information content (AvgIpc) is 3.47. The van der Waals surface area contributed by atoms with Crippen LogP contribution in [0.5, 0.6) is 0 Å². The van der Waals surface area contributed by atoms with Gasteiger partial charge in [0.15, 0.2) is 6.10 Å². The minimum Gasteiger partial charge on any atom is -0.462 e. The van der Waals surface area contributed by atoms with E-state index in [1.807, 2.05) is 0 Å². The van der Waals surface area contributed by atoms with Gasteiger partial charge < -0.3 is 14.2 Å². The van der Waals surface area contributed by atoms with Gasteiger partial charge in [-0.1, -0.05) is 323 Å². The first-order valence-electron chi connectivity index (χ1n) is 34.9. The lowest BCUT2D eigenvalue weighted by atomic mass is 10.0. The first-order valence-corrected chi connectivity index (χ1v) is 34.9. The molecule has 0 fully saturated rings. The van der Waals surface area contributed by atoms with Crippen molar-refractivity contribution in [2.75, 3.05) is 13.2 Å². The Morgan fingerprint density at radius 3 is 0.744 bits per heavy atom. The van der Waals surface area contributed by atoms with Crippen molar-refractivity contribution in [3.63, 3.8) is 0 Å². The van der Waals surface area contributed by atoms with Gasteiger partial charge in [-0.2, -0.15) is 0 Å². The standard InChI is InChI=1S/C76H130O6/c1-4-7-10-13-16-19-22-25-28-31-33-34-35-36-37-38-39-40-41-42-43-46-48-51-54-57-60-63-66-69-75(78)81-72-73(71-80-74(77)68-65-62-59-56-53-50-47-44-30-27-24-21-18-15-12-9-6-3)82-76(79)70-67-64-61-58-55-52-49-45-32-29-26-23-20-17-14-11-8-5-2/h7,9-10,12,16,18-19,21,25,27-28,30,33-34,36-37,39-40,73H,4-6,8,11,13-15,17,20,22-24,26,29,31-32,35,38,41-72H2,1-3H3/b10-7-,12-9-,19-16-,21-18-,28-25-,30-27-,34-33-,37-36-,40-39-. The van der Waals surface area contributed by atoms with Crippen molar-refractivity contribution < 1.29 is 28.6 Å². The number of rotatable bonds is 63. The molecule has 0 aromatic heterocycles. The molecule has 0 spiro atoms. The Labute approximate surface area is 508 Å². The minimum atomic E-state index is -0.785. The van der Waals surface area contributed by atoms with Crippen LogP contribution in [0.15, 0.2) is 109 Å². The highest BCUT2D eigenvalue weighted by Gasteiger charge is 2.19. The van der Waals surface area contributed by atoms with Gasteiger partial charge >= 0.3 is 17.9 Å². The van der Waals surface area contributed by atoms with Crippen LogP contribution in [0.2, 0.25) is 0 Å². The average molecular weight is 1140 g/mol. The molecule has 0 N–H and O–H groups in total. The Kier molecular flexibility index (Phi) is 66.2. The maximum atomic E-state index is 13.0. The molecule has 0 aliphatic rings. The third kappa shape index (κ3) is 66.9. The van der Waals surface area contributed by atoms with Gasteiger partial charge in [0.1, 0.15) is 13.2 Å². The lowest BCUT2D eigenvalue weighted by Crippen LogP contribution is -2.30. The van der Waals surface area contributed by atoms with Crippen LogP contribution in [0, 0.1) is 0 Å². The Hall–Kier alpha value is -3.93. The van der Waals surface area contributed by atoms with Crippen LogP contribution in [0.1, 0.15) is 335 Å². The molecule has 0 heterocycles. The zero-order valence-corrected chi connectivity index (χ0v) is 54.0. The van der Waals surface area contributed by atoms with Crippen molar-refractivity contribution in [2.24, 2.45) is 0 Å². The van der Waals surface area contributed by atoms with E-state index in [1.165, 1.54) is 173 Å². The molecular weight excluding hydrogens is 1010 g/mol. The van der Waals surface area contributed by atoms with Gasteiger partial charge in [-0.15, -0.1) is 0 Å². The van der Waals surface area contributed by atoms with Crippen LogP contribution in [0.3, 0.4) is 0 Å². The first kappa shape index (κ1) is 78.1. The highest BCUT2D eigenvalue weighted by Crippen LogP contribution is 2.17. The molecular formula is C76H130O6. The van der Waals surface area contributed by atoms with Gasteiger partial charge in [0.05, 0.1) is 0 Å². The van der Waals surface area contributed by atoms with Crippen molar-refractivity contribution in [2.45, 2.75) is 341 Å². The highest BCUT2D eigenvalue weighted by molar-refractivity contribution is 5.71. The quantitative estimate of drug-likeness (QED) is 0.0261. The molecule has 0 amide bonds. The molecule has 0 saturated carbocycles. The normalized spacial score (nSPS) is 12.8. The Morgan fingerprint density at radius 2 is 0.476 bits per heavy atom. The summed E-state index contributed by atoms with van der Waals surface area (Å²) >= 11 is 0. The zero-order valence-electron chi connectivity index (χ0n) is 54.0. The maximum Gasteiger partial charge on any atom is 0.306 e. The van der Waals surface area contributed by atoms with E-state index in [9.17, 15) is 14.4 Å².